The molecular formula is C12H20N2O3S. The predicted octanol–water partition coefficient (Wildman–Crippen LogP) is 0.924. The summed E-state index contributed by atoms with van der Waals surface area (Å²) in [5, 5.41) is 2.98. The van der Waals surface area contributed by atoms with Gasteiger partial charge in [-0.2, -0.15) is 0 Å². The zero-order valence-corrected chi connectivity index (χ0v) is 12.0. The second kappa shape index (κ2) is 6.17. The lowest BCUT2D eigenvalue weighted by molar-refractivity contribution is 0.214. The molecule has 0 saturated carbocycles. The molecule has 0 fully saturated rings. The third-order valence-electron chi connectivity index (χ3n) is 2.43. The van der Waals surface area contributed by atoms with Crippen LogP contribution in [-0.2, 0) is 10.0 Å². The Morgan fingerprint density at radius 3 is 2.50 bits per heavy atom. The van der Waals surface area contributed by atoms with Crippen LogP contribution in [0.3, 0.4) is 0 Å². The molecule has 5 nitrogen and oxygen atoms in total. The minimum Gasteiger partial charge on any atom is -0.488 e. The molecule has 1 atom stereocenters. The maximum Gasteiger partial charge on any atom is 0.246 e. The number of nitrogens with zero attached hydrogens (tertiary/aromatic N) is 1. The average Bonchev–Trinajstić information content (AvgIpc) is 2.29. The second-order valence-electron chi connectivity index (χ2n) is 4.22. The van der Waals surface area contributed by atoms with Gasteiger partial charge in [0, 0.05) is 20.6 Å². The van der Waals surface area contributed by atoms with Gasteiger partial charge in [0.25, 0.3) is 0 Å². The monoisotopic (exact) mass is 272 g/mol. The fourth-order valence-electron chi connectivity index (χ4n) is 1.50. The Balaban J connectivity index is 3.08. The number of sulfonamides is 1. The highest BCUT2D eigenvalue weighted by Crippen LogP contribution is 2.26. The highest BCUT2D eigenvalue weighted by molar-refractivity contribution is 7.89. The van der Waals surface area contributed by atoms with E-state index < -0.39 is 10.0 Å². The number of para-hydroxylation sites is 1. The van der Waals surface area contributed by atoms with E-state index in [0.717, 1.165) is 0 Å². The summed E-state index contributed by atoms with van der Waals surface area (Å²) in [7, 11) is 1.35. The van der Waals surface area contributed by atoms with Crippen LogP contribution in [0.1, 0.15) is 6.92 Å². The first-order chi connectivity index (χ1) is 8.39. The van der Waals surface area contributed by atoms with Gasteiger partial charge in [0.05, 0.1) is 0 Å². The Labute approximate surface area is 109 Å². The molecule has 0 aliphatic carbocycles. The van der Waals surface area contributed by atoms with Crippen LogP contribution >= 0.6 is 0 Å². The van der Waals surface area contributed by atoms with Crippen LogP contribution in [-0.4, -0.2) is 46.5 Å². The van der Waals surface area contributed by atoms with Crippen molar-refractivity contribution in [3.8, 4) is 5.75 Å². The Kier molecular flexibility index (Phi) is 5.13. The molecule has 0 bridgehead atoms. The highest BCUT2D eigenvalue weighted by atomic mass is 32.2. The van der Waals surface area contributed by atoms with E-state index in [0.29, 0.717) is 12.3 Å². The summed E-state index contributed by atoms with van der Waals surface area (Å²) in [5.41, 5.74) is 0. The third-order valence-corrected chi connectivity index (χ3v) is 4.28. The first-order valence-electron chi connectivity index (χ1n) is 5.72. The maximum atomic E-state index is 12.1. The summed E-state index contributed by atoms with van der Waals surface area (Å²) in [6.07, 6.45) is -0.103. The van der Waals surface area contributed by atoms with Gasteiger partial charge in [0.1, 0.15) is 16.7 Å². The molecule has 1 aromatic rings. The fraction of sp³-hybridized carbons (Fsp3) is 0.500. The molecule has 1 aromatic carbocycles. The summed E-state index contributed by atoms with van der Waals surface area (Å²) in [4.78, 5) is 0.193. The summed E-state index contributed by atoms with van der Waals surface area (Å²) < 4.78 is 31.1. The van der Waals surface area contributed by atoms with E-state index in [1.807, 2.05) is 14.0 Å². The zero-order chi connectivity index (χ0) is 13.8. The van der Waals surface area contributed by atoms with Gasteiger partial charge < -0.3 is 10.1 Å². The Hall–Kier alpha value is -1.11. The average molecular weight is 272 g/mol. The summed E-state index contributed by atoms with van der Waals surface area (Å²) in [5.74, 6) is 0.383. The summed E-state index contributed by atoms with van der Waals surface area (Å²) in [6, 6.07) is 6.67. The minimum atomic E-state index is -3.48. The number of benzene rings is 1. The first kappa shape index (κ1) is 14.9. The molecule has 1 unspecified atom stereocenters. The van der Waals surface area contributed by atoms with Crippen LogP contribution in [0.5, 0.6) is 5.75 Å². The van der Waals surface area contributed by atoms with Crippen molar-refractivity contribution in [3.05, 3.63) is 24.3 Å². The van der Waals surface area contributed by atoms with Crippen molar-refractivity contribution < 1.29 is 13.2 Å². The van der Waals surface area contributed by atoms with Crippen molar-refractivity contribution in [3.63, 3.8) is 0 Å². The van der Waals surface area contributed by atoms with Gasteiger partial charge in [-0.15, -0.1) is 0 Å². The number of hydrogen-bond acceptors (Lipinski definition) is 4. The number of rotatable bonds is 6. The van der Waals surface area contributed by atoms with Gasteiger partial charge >= 0.3 is 0 Å². The smallest absolute Gasteiger partial charge is 0.246 e. The van der Waals surface area contributed by atoms with Gasteiger partial charge in [-0.1, -0.05) is 12.1 Å². The highest BCUT2D eigenvalue weighted by Gasteiger charge is 2.22. The van der Waals surface area contributed by atoms with Crippen molar-refractivity contribution in [2.24, 2.45) is 0 Å². The Morgan fingerprint density at radius 1 is 1.33 bits per heavy atom. The van der Waals surface area contributed by atoms with E-state index >= 15 is 0 Å². The summed E-state index contributed by atoms with van der Waals surface area (Å²) in [6.45, 7) is 2.53. The molecule has 0 aromatic heterocycles. The Morgan fingerprint density at radius 2 is 1.94 bits per heavy atom. The lowest BCUT2D eigenvalue weighted by Gasteiger charge is -2.19. The van der Waals surface area contributed by atoms with E-state index in [-0.39, 0.29) is 11.0 Å². The fourth-order valence-corrected chi connectivity index (χ4v) is 2.52. The SMILES string of the molecule is CNCC(C)Oc1ccccc1S(=O)(=O)N(C)C. The van der Waals surface area contributed by atoms with Crippen LogP contribution in [0.15, 0.2) is 29.2 Å². The van der Waals surface area contributed by atoms with Gasteiger partial charge in [-0.3, -0.25) is 0 Å². The zero-order valence-electron chi connectivity index (χ0n) is 11.2. The number of ether oxygens (including phenoxy) is 1. The molecule has 0 spiro atoms. The van der Waals surface area contributed by atoms with Crippen molar-refractivity contribution in [2.45, 2.75) is 17.9 Å². The quantitative estimate of drug-likeness (QED) is 0.837. The van der Waals surface area contributed by atoms with E-state index in [1.165, 1.54) is 18.4 Å². The molecule has 18 heavy (non-hydrogen) atoms. The number of hydrogen-bond donors (Lipinski definition) is 1. The van der Waals surface area contributed by atoms with E-state index in [2.05, 4.69) is 5.32 Å². The molecular weight excluding hydrogens is 252 g/mol. The van der Waals surface area contributed by atoms with Crippen molar-refractivity contribution in [1.29, 1.82) is 0 Å². The topological polar surface area (TPSA) is 58.6 Å². The number of nitrogens with one attached hydrogen (secondary N) is 1. The molecule has 0 saturated heterocycles. The molecule has 1 rings (SSSR count). The molecule has 0 aliphatic heterocycles. The van der Waals surface area contributed by atoms with E-state index in [9.17, 15) is 8.42 Å². The predicted molar refractivity (Wildman–Crippen MR) is 71.3 cm³/mol. The largest absolute Gasteiger partial charge is 0.488 e. The first-order valence-corrected chi connectivity index (χ1v) is 7.16. The third kappa shape index (κ3) is 3.44. The van der Waals surface area contributed by atoms with Crippen LogP contribution in [0.2, 0.25) is 0 Å². The van der Waals surface area contributed by atoms with E-state index in [4.69, 9.17) is 4.74 Å². The molecule has 0 aliphatic rings. The normalized spacial score (nSPS) is 13.6. The van der Waals surface area contributed by atoms with Gasteiger partial charge in [0.2, 0.25) is 10.0 Å². The Bertz CT molecular complexity index is 486. The van der Waals surface area contributed by atoms with Crippen molar-refractivity contribution >= 4 is 10.0 Å². The van der Waals surface area contributed by atoms with Gasteiger partial charge in [0.15, 0.2) is 0 Å². The lowest BCUT2D eigenvalue weighted by Crippen LogP contribution is -2.28. The molecule has 0 heterocycles. The maximum absolute atomic E-state index is 12.1. The van der Waals surface area contributed by atoms with Gasteiger partial charge in [-0.05, 0) is 26.1 Å². The van der Waals surface area contributed by atoms with Crippen LogP contribution in [0.4, 0.5) is 0 Å². The molecule has 6 heteroatoms. The molecule has 0 radical (unpaired) electrons. The van der Waals surface area contributed by atoms with Crippen LogP contribution in [0.25, 0.3) is 0 Å². The lowest BCUT2D eigenvalue weighted by atomic mass is 10.3. The van der Waals surface area contributed by atoms with Gasteiger partial charge in [-0.25, -0.2) is 12.7 Å². The molecule has 1 N–H and O–H groups in total. The summed E-state index contributed by atoms with van der Waals surface area (Å²) >= 11 is 0. The van der Waals surface area contributed by atoms with Crippen molar-refractivity contribution in [2.75, 3.05) is 27.7 Å². The van der Waals surface area contributed by atoms with Crippen LogP contribution < -0.4 is 10.1 Å². The molecule has 102 valence electrons. The standard InChI is InChI=1S/C12H20N2O3S/c1-10(9-13-2)17-11-7-5-6-8-12(11)18(15,16)14(3)4/h5-8,10,13H,9H2,1-4H3. The van der Waals surface area contributed by atoms with E-state index in [1.54, 1.807) is 24.3 Å². The number of likely N-dealkylation sites (N-methyl/N-ethyl adjacent to an activating group) is 1. The second-order valence-corrected chi connectivity index (χ2v) is 6.34. The van der Waals surface area contributed by atoms with Crippen LogP contribution in [0, 0.1) is 0 Å². The van der Waals surface area contributed by atoms with Crippen molar-refractivity contribution in [1.82, 2.24) is 9.62 Å². The minimum absolute atomic E-state index is 0.103. The molecule has 0 amide bonds.